The molecule has 7 heteroatoms. The first kappa shape index (κ1) is 16.7. The molecular weight excluding hydrogens is 356 g/mol. The molecule has 2 amide bonds. The number of benzene rings is 2. The van der Waals surface area contributed by atoms with Crippen LogP contribution in [0.2, 0.25) is 10.0 Å². The Morgan fingerprint density at radius 1 is 1.21 bits per heavy atom. The van der Waals surface area contributed by atoms with Gasteiger partial charge in [-0.15, -0.1) is 0 Å². The first-order valence-corrected chi connectivity index (χ1v) is 7.80. The highest BCUT2D eigenvalue weighted by atomic mass is 35.5. The molecule has 0 spiro atoms. The molecule has 4 nitrogen and oxygen atoms in total. The lowest BCUT2D eigenvalue weighted by Crippen LogP contribution is -2.66. The number of nitrogens with zero attached hydrogens (tertiary/aromatic N) is 1. The van der Waals surface area contributed by atoms with E-state index in [1.165, 1.54) is 18.2 Å². The minimum Gasteiger partial charge on any atom is -0.465 e. The fraction of sp³-hybridized carbons (Fsp3) is 0.176. The molecule has 1 fully saturated rings. The van der Waals surface area contributed by atoms with Crippen LogP contribution in [0.15, 0.2) is 42.5 Å². The molecule has 1 aliphatic heterocycles. The van der Waals surface area contributed by atoms with Gasteiger partial charge in [0.1, 0.15) is 5.82 Å². The van der Waals surface area contributed by atoms with Crippen LogP contribution < -0.4 is 0 Å². The molecule has 2 aromatic carbocycles. The van der Waals surface area contributed by atoms with Crippen molar-refractivity contribution in [2.75, 3.05) is 0 Å². The molecule has 0 saturated carbocycles. The van der Waals surface area contributed by atoms with Crippen LogP contribution in [0.25, 0.3) is 0 Å². The zero-order valence-corrected chi connectivity index (χ0v) is 14.0. The Bertz CT molecular complexity index is 840. The predicted octanol–water partition coefficient (Wildman–Crippen LogP) is 4.65. The number of rotatable bonds is 2. The lowest BCUT2D eigenvalue weighted by atomic mass is 9.65. The SMILES string of the molecule is CC1(c2ccc(Cl)c(F)c2)C(=O)N(C(=O)O)C1c1ccc(Cl)cc1. The van der Waals surface area contributed by atoms with Crippen molar-refractivity contribution in [3.63, 3.8) is 0 Å². The second-order valence-electron chi connectivity index (χ2n) is 5.74. The number of imide groups is 1. The summed E-state index contributed by atoms with van der Waals surface area (Å²) in [6.45, 7) is 1.59. The van der Waals surface area contributed by atoms with E-state index in [-0.39, 0.29) is 5.02 Å². The Kier molecular flexibility index (Phi) is 4.01. The molecule has 1 N–H and O–H groups in total. The summed E-state index contributed by atoms with van der Waals surface area (Å²) in [6, 6.07) is 9.81. The van der Waals surface area contributed by atoms with E-state index in [0.29, 0.717) is 16.1 Å². The van der Waals surface area contributed by atoms with Crippen LogP contribution in [0.1, 0.15) is 24.1 Å². The Hall–Kier alpha value is -2.11. The molecule has 0 bridgehead atoms. The van der Waals surface area contributed by atoms with E-state index in [0.717, 1.165) is 4.90 Å². The summed E-state index contributed by atoms with van der Waals surface area (Å²) in [4.78, 5) is 24.7. The molecule has 1 saturated heterocycles. The highest BCUT2D eigenvalue weighted by molar-refractivity contribution is 6.31. The van der Waals surface area contributed by atoms with E-state index in [2.05, 4.69) is 0 Å². The molecule has 2 aromatic rings. The Labute approximate surface area is 147 Å². The number of β-lactam (4-membered cyclic amide) rings is 1. The van der Waals surface area contributed by atoms with Gasteiger partial charge in [0.25, 0.3) is 0 Å². The van der Waals surface area contributed by atoms with Gasteiger partial charge in [0.15, 0.2) is 0 Å². The molecule has 1 aliphatic rings. The van der Waals surface area contributed by atoms with Gasteiger partial charge in [0, 0.05) is 5.02 Å². The second kappa shape index (κ2) is 5.76. The Morgan fingerprint density at radius 3 is 2.38 bits per heavy atom. The maximum atomic E-state index is 13.8. The van der Waals surface area contributed by atoms with Crippen molar-refractivity contribution in [1.82, 2.24) is 4.90 Å². The van der Waals surface area contributed by atoms with Gasteiger partial charge >= 0.3 is 6.09 Å². The maximum Gasteiger partial charge on any atom is 0.414 e. The molecule has 24 heavy (non-hydrogen) atoms. The summed E-state index contributed by atoms with van der Waals surface area (Å²) in [5.41, 5.74) is -0.247. The molecule has 2 unspecified atom stereocenters. The number of likely N-dealkylation sites (tertiary alicyclic amines) is 1. The van der Waals surface area contributed by atoms with Crippen molar-refractivity contribution in [3.05, 3.63) is 69.5 Å². The minimum atomic E-state index is -1.35. The third-order valence-electron chi connectivity index (χ3n) is 4.38. The van der Waals surface area contributed by atoms with E-state index >= 15 is 0 Å². The molecule has 2 atom stereocenters. The topological polar surface area (TPSA) is 57.6 Å². The fourth-order valence-corrected chi connectivity index (χ4v) is 3.35. The summed E-state index contributed by atoms with van der Waals surface area (Å²) in [6.07, 6.45) is -1.35. The zero-order chi connectivity index (χ0) is 17.6. The van der Waals surface area contributed by atoms with Gasteiger partial charge in [-0.3, -0.25) is 4.79 Å². The van der Waals surface area contributed by atoms with Crippen molar-refractivity contribution in [2.45, 2.75) is 18.4 Å². The maximum absolute atomic E-state index is 13.8. The smallest absolute Gasteiger partial charge is 0.414 e. The first-order chi connectivity index (χ1) is 11.3. The summed E-state index contributed by atoms with van der Waals surface area (Å²) in [7, 11) is 0. The lowest BCUT2D eigenvalue weighted by Gasteiger charge is -2.52. The number of carboxylic acid groups (broad SMARTS) is 1. The van der Waals surface area contributed by atoms with Crippen LogP contribution in [-0.2, 0) is 10.2 Å². The largest absolute Gasteiger partial charge is 0.465 e. The Morgan fingerprint density at radius 2 is 1.83 bits per heavy atom. The molecule has 3 rings (SSSR count). The lowest BCUT2D eigenvalue weighted by molar-refractivity contribution is -0.155. The molecule has 0 radical (unpaired) electrons. The number of hydrogen-bond acceptors (Lipinski definition) is 2. The standard InChI is InChI=1S/C17H12Cl2FNO3/c1-17(10-4-7-12(19)13(20)8-10)14(21(15(17)22)16(23)24)9-2-5-11(18)6-3-9/h2-8,14H,1H3,(H,23,24). The van der Waals surface area contributed by atoms with E-state index in [1.807, 2.05) is 0 Å². The number of halogens is 3. The van der Waals surface area contributed by atoms with Crippen molar-refractivity contribution in [2.24, 2.45) is 0 Å². The van der Waals surface area contributed by atoms with E-state index in [1.54, 1.807) is 31.2 Å². The van der Waals surface area contributed by atoms with E-state index in [9.17, 15) is 19.1 Å². The van der Waals surface area contributed by atoms with Gasteiger partial charge < -0.3 is 5.11 Å². The van der Waals surface area contributed by atoms with Crippen LogP contribution >= 0.6 is 23.2 Å². The summed E-state index contributed by atoms with van der Waals surface area (Å²) < 4.78 is 13.8. The quantitative estimate of drug-likeness (QED) is 0.785. The van der Waals surface area contributed by atoms with Crippen LogP contribution in [0.3, 0.4) is 0 Å². The van der Waals surface area contributed by atoms with Gasteiger partial charge in [-0.1, -0.05) is 41.4 Å². The second-order valence-corrected chi connectivity index (χ2v) is 6.59. The zero-order valence-electron chi connectivity index (χ0n) is 12.5. The normalized spacial score (nSPS) is 23.1. The third kappa shape index (κ3) is 2.36. The first-order valence-electron chi connectivity index (χ1n) is 7.04. The van der Waals surface area contributed by atoms with Crippen molar-refractivity contribution >= 4 is 35.2 Å². The third-order valence-corrected chi connectivity index (χ3v) is 4.94. The van der Waals surface area contributed by atoms with Crippen LogP contribution in [0, 0.1) is 5.82 Å². The summed E-state index contributed by atoms with van der Waals surface area (Å²) in [5, 5.41) is 9.78. The highest BCUT2D eigenvalue weighted by Crippen LogP contribution is 2.52. The molecule has 124 valence electrons. The average Bonchev–Trinajstić information content (AvgIpc) is 2.54. The van der Waals surface area contributed by atoms with Crippen LogP contribution in [0.5, 0.6) is 0 Å². The van der Waals surface area contributed by atoms with Crippen LogP contribution in [0.4, 0.5) is 9.18 Å². The minimum absolute atomic E-state index is 0.0627. The molecule has 0 aromatic heterocycles. The van der Waals surface area contributed by atoms with E-state index in [4.69, 9.17) is 23.2 Å². The number of amides is 2. The Balaban J connectivity index is 2.13. The van der Waals surface area contributed by atoms with E-state index < -0.39 is 29.3 Å². The van der Waals surface area contributed by atoms with Crippen LogP contribution in [-0.4, -0.2) is 22.0 Å². The number of carbonyl (C=O) groups excluding carboxylic acids is 1. The molecular formula is C17H12Cl2FNO3. The van der Waals surface area contributed by atoms with Crippen molar-refractivity contribution in [3.8, 4) is 0 Å². The molecule has 0 aliphatic carbocycles. The molecule has 1 heterocycles. The monoisotopic (exact) mass is 367 g/mol. The summed E-state index contributed by atoms with van der Waals surface area (Å²) in [5.74, 6) is -1.27. The average molecular weight is 368 g/mol. The van der Waals surface area contributed by atoms with Crippen molar-refractivity contribution < 1.29 is 19.1 Å². The van der Waals surface area contributed by atoms with Crippen molar-refractivity contribution in [1.29, 1.82) is 0 Å². The van der Waals surface area contributed by atoms with Gasteiger partial charge in [0.2, 0.25) is 5.91 Å². The van der Waals surface area contributed by atoms with Gasteiger partial charge in [-0.25, -0.2) is 14.1 Å². The predicted molar refractivity (Wildman–Crippen MR) is 87.8 cm³/mol. The van der Waals surface area contributed by atoms with Gasteiger partial charge in [0.05, 0.1) is 16.5 Å². The van der Waals surface area contributed by atoms with Gasteiger partial charge in [-0.05, 0) is 42.3 Å². The van der Waals surface area contributed by atoms with Gasteiger partial charge in [-0.2, -0.15) is 0 Å². The highest BCUT2D eigenvalue weighted by Gasteiger charge is 2.61. The number of hydrogen-bond donors (Lipinski definition) is 1. The summed E-state index contributed by atoms with van der Waals surface area (Å²) >= 11 is 11.6. The number of carbonyl (C=O) groups is 2. The fourth-order valence-electron chi connectivity index (χ4n) is 3.10.